The van der Waals surface area contributed by atoms with Crippen LogP contribution in [0.2, 0.25) is 0 Å². The third-order valence-corrected chi connectivity index (χ3v) is 6.04. The number of carbonyl (C=O) groups is 3. The van der Waals surface area contributed by atoms with Gasteiger partial charge in [0.05, 0.1) is 33.1 Å². The predicted octanol–water partition coefficient (Wildman–Crippen LogP) is 4.43. The maximum atomic E-state index is 13.8. The van der Waals surface area contributed by atoms with E-state index >= 15 is 0 Å². The molecule has 0 aliphatic heterocycles. The third-order valence-electron chi connectivity index (χ3n) is 6.04. The van der Waals surface area contributed by atoms with Crippen molar-refractivity contribution in [3.63, 3.8) is 0 Å². The summed E-state index contributed by atoms with van der Waals surface area (Å²) in [6, 6.07) is 9.43. The molecule has 2 aromatic heterocycles. The maximum Gasteiger partial charge on any atom is 0.354 e. The minimum Gasteiger partial charge on any atom is -0.497 e. The Hall–Kier alpha value is -3.81. The quantitative estimate of drug-likeness (QED) is 0.342. The molecule has 3 aromatic rings. The van der Waals surface area contributed by atoms with Gasteiger partial charge in [-0.25, -0.2) is 4.79 Å². The molecule has 0 radical (unpaired) electrons. The van der Waals surface area contributed by atoms with Gasteiger partial charge in [-0.05, 0) is 63.6 Å². The van der Waals surface area contributed by atoms with Crippen LogP contribution < -0.4 is 4.74 Å². The van der Waals surface area contributed by atoms with E-state index in [9.17, 15) is 14.4 Å². The van der Waals surface area contributed by atoms with Gasteiger partial charge in [-0.2, -0.15) is 0 Å². The average Bonchev–Trinajstić information content (AvgIpc) is 3.45. The number of hydrogen-bond donors (Lipinski definition) is 0. The van der Waals surface area contributed by atoms with Crippen molar-refractivity contribution >= 4 is 17.7 Å². The first-order valence-electron chi connectivity index (χ1n) is 11.0. The minimum absolute atomic E-state index is 0.104. The van der Waals surface area contributed by atoms with Gasteiger partial charge in [-0.15, -0.1) is 0 Å². The van der Waals surface area contributed by atoms with Crippen molar-refractivity contribution in [3.8, 4) is 5.75 Å². The van der Waals surface area contributed by atoms with Gasteiger partial charge in [0, 0.05) is 23.4 Å². The van der Waals surface area contributed by atoms with Crippen molar-refractivity contribution in [3.05, 3.63) is 76.5 Å². The highest BCUT2D eigenvalue weighted by atomic mass is 16.5. The highest BCUT2D eigenvalue weighted by Gasteiger charge is 2.33. The standard InChI is InChI=1S/C26H30N2O6/c1-7-27-17(3)22(16(2)23(27)26(31)33-6)24(29)18(4)28(15-21-12-9-13-34-21)25(30)19-10-8-11-20(14-19)32-5/h8-14,18H,7,15H2,1-6H3/t18-/m0/s1. The van der Waals surface area contributed by atoms with Crippen LogP contribution >= 0.6 is 0 Å². The fraction of sp³-hybridized carbons (Fsp3) is 0.346. The lowest BCUT2D eigenvalue weighted by atomic mass is 9.99. The van der Waals surface area contributed by atoms with E-state index in [4.69, 9.17) is 13.9 Å². The predicted molar refractivity (Wildman–Crippen MR) is 126 cm³/mol. The molecule has 0 saturated heterocycles. The Bertz CT molecular complexity index is 1190. The first kappa shape index (κ1) is 24.8. The van der Waals surface area contributed by atoms with Crippen molar-refractivity contribution in [1.29, 1.82) is 0 Å². The number of ketones is 1. The molecular weight excluding hydrogens is 436 g/mol. The SMILES string of the molecule is CCn1c(C)c(C(=O)[C@H](C)N(Cc2ccco2)C(=O)c2cccc(OC)c2)c(C)c1C(=O)OC. The van der Waals surface area contributed by atoms with Crippen molar-refractivity contribution < 1.29 is 28.3 Å². The molecule has 1 aromatic carbocycles. The van der Waals surface area contributed by atoms with Gasteiger partial charge in [0.1, 0.15) is 17.2 Å². The molecule has 0 spiro atoms. The number of rotatable bonds is 9. The summed E-state index contributed by atoms with van der Waals surface area (Å²) in [5, 5.41) is 0. The van der Waals surface area contributed by atoms with Crippen LogP contribution in [0.15, 0.2) is 47.1 Å². The number of aromatic nitrogens is 1. The number of benzene rings is 1. The van der Waals surface area contributed by atoms with Gasteiger partial charge in [-0.1, -0.05) is 6.07 Å². The van der Waals surface area contributed by atoms with E-state index in [1.54, 1.807) is 61.7 Å². The number of nitrogens with zero attached hydrogens (tertiary/aromatic N) is 2. The van der Waals surface area contributed by atoms with E-state index < -0.39 is 12.0 Å². The summed E-state index contributed by atoms with van der Waals surface area (Å²) in [5.41, 5.74) is 2.34. The first-order valence-corrected chi connectivity index (χ1v) is 11.0. The molecule has 2 heterocycles. The number of hydrogen-bond acceptors (Lipinski definition) is 6. The second kappa shape index (κ2) is 10.4. The number of esters is 1. The van der Waals surface area contributed by atoms with E-state index in [-0.39, 0.29) is 18.2 Å². The lowest BCUT2D eigenvalue weighted by Gasteiger charge is -2.28. The Morgan fingerprint density at radius 2 is 1.85 bits per heavy atom. The Morgan fingerprint density at radius 1 is 1.12 bits per heavy atom. The lowest BCUT2D eigenvalue weighted by Crippen LogP contribution is -2.43. The summed E-state index contributed by atoms with van der Waals surface area (Å²) >= 11 is 0. The summed E-state index contributed by atoms with van der Waals surface area (Å²) < 4.78 is 17.4. The number of Topliss-reactive ketones (excluding diaryl/α,β-unsaturated/α-hetero) is 1. The zero-order chi connectivity index (χ0) is 25.0. The highest BCUT2D eigenvalue weighted by molar-refractivity contribution is 6.07. The molecule has 0 fully saturated rings. The number of amides is 1. The normalized spacial score (nSPS) is 11.7. The van der Waals surface area contributed by atoms with E-state index in [1.165, 1.54) is 25.4 Å². The molecule has 8 heteroatoms. The van der Waals surface area contributed by atoms with Crippen LogP contribution in [0.3, 0.4) is 0 Å². The number of ether oxygens (including phenoxy) is 2. The molecule has 0 N–H and O–H groups in total. The lowest BCUT2D eigenvalue weighted by molar-refractivity contribution is 0.0585. The van der Waals surface area contributed by atoms with E-state index in [2.05, 4.69) is 0 Å². The molecule has 0 unspecified atom stereocenters. The van der Waals surface area contributed by atoms with Crippen LogP contribution in [0.1, 0.15) is 62.1 Å². The Morgan fingerprint density at radius 3 is 2.44 bits per heavy atom. The molecule has 0 bridgehead atoms. The summed E-state index contributed by atoms with van der Waals surface area (Å²) in [6.07, 6.45) is 1.52. The largest absolute Gasteiger partial charge is 0.497 e. The maximum absolute atomic E-state index is 13.8. The van der Waals surface area contributed by atoms with E-state index in [0.29, 0.717) is 46.1 Å². The van der Waals surface area contributed by atoms with Crippen molar-refractivity contribution in [2.45, 2.75) is 46.8 Å². The molecule has 34 heavy (non-hydrogen) atoms. The van der Waals surface area contributed by atoms with Gasteiger partial charge in [0.2, 0.25) is 0 Å². The minimum atomic E-state index is -0.834. The fourth-order valence-electron chi connectivity index (χ4n) is 4.24. The van der Waals surface area contributed by atoms with E-state index in [0.717, 1.165) is 0 Å². The van der Waals surface area contributed by atoms with Gasteiger partial charge in [0.15, 0.2) is 5.78 Å². The van der Waals surface area contributed by atoms with Crippen LogP contribution in [0, 0.1) is 13.8 Å². The van der Waals surface area contributed by atoms with Crippen LogP contribution in [0.5, 0.6) is 5.75 Å². The molecule has 0 aliphatic rings. The Labute approximate surface area is 199 Å². The van der Waals surface area contributed by atoms with Crippen molar-refractivity contribution in [2.24, 2.45) is 0 Å². The average molecular weight is 467 g/mol. The summed E-state index contributed by atoms with van der Waals surface area (Å²) in [4.78, 5) is 41.3. The first-order chi connectivity index (χ1) is 16.2. The topological polar surface area (TPSA) is 91.0 Å². The third kappa shape index (κ3) is 4.62. The second-order valence-electron chi connectivity index (χ2n) is 7.95. The smallest absolute Gasteiger partial charge is 0.354 e. The van der Waals surface area contributed by atoms with Crippen molar-refractivity contribution in [1.82, 2.24) is 9.47 Å². The molecule has 1 amide bonds. The highest BCUT2D eigenvalue weighted by Crippen LogP contribution is 2.27. The number of carbonyl (C=O) groups excluding carboxylic acids is 3. The summed E-state index contributed by atoms with van der Waals surface area (Å²) in [5.74, 6) is -0.0262. The summed E-state index contributed by atoms with van der Waals surface area (Å²) in [7, 11) is 2.84. The molecule has 180 valence electrons. The zero-order valence-corrected chi connectivity index (χ0v) is 20.4. The molecular formula is C26H30N2O6. The zero-order valence-electron chi connectivity index (χ0n) is 20.4. The molecule has 8 nitrogen and oxygen atoms in total. The van der Waals surface area contributed by atoms with Crippen LogP contribution in [0.25, 0.3) is 0 Å². The molecule has 3 rings (SSSR count). The van der Waals surface area contributed by atoms with Gasteiger partial charge < -0.3 is 23.4 Å². The molecule has 1 atom stereocenters. The fourth-order valence-corrected chi connectivity index (χ4v) is 4.24. The number of methoxy groups -OCH3 is 2. The van der Waals surface area contributed by atoms with Gasteiger partial charge >= 0.3 is 5.97 Å². The molecule has 0 aliphatic carbocycles. The van der Waals surface area contributed by atoms with Gasteiger partial charge in [-0.3, -0.25) is 9.59 Å². The van der Waals surface area contributed by atoms with Crippen LogP contribution in [-0.4, -0.2) is 47.4 Å². The van der Waals surface area contributed by atoms with Crippen LogP contribution in [0.4, 0.5) is 0 Å². The molecule has 0 saturated carbocycles. The number of furan rings is 1. The van der Waals surface area contributed by atoms with Crippen molar-refractivity contribution in [2.75, 3.05) is 14.2 Å². The van der Waals surface area contributed by atoms with Crippen LogP contribution in [-0.2, 0) is 17.8 Å². The Balaban J connectivity index is 2.05. The Kier molecular flexibility index (Phi) is 7.61. The van der Waals surface area contributed by atoms with Gasteiger partial charge in [0.25, 0.3) is 5.91 Å². The van der Waals surface area contributed by atoms with E-state index in [1.807, 2.05) is 6.92 Å². The summed E-state index contributed by atoms with van der Waals surface area (Å²) in [6.45, 7) is 7.70. The second-order valence-corrected chi connectivity index (χ2v) is 7.95. The monoisotopic (exact) mass is 466 g/mol.